The van der Waals surface area contributed by atoms with E-state index in [1.807, 2.05) is 17.7 Å². The van der Waals surface area contributed by atoms with Crippen LogP contribution in [0.1, 0.15) is 12.7 Å². The molecule has 0 amide bonds. The van der Waals surface area contributed by atoms with E-state index >= 15 is 0 Å². The number of thiophene rings is 1. The van der Waals surface area contributed by atoms with Gasteiger partial charge in [0.25, 0.3) is 0 Å². The zero-order valence-electron chi connectivity index (χ0n) is 10.7. The molecule has 8 heteroatoms. The van der Waals surface area contributed by atoms with E-state index in [2.05, 4.69) is 19.9 Å². The Balaban J connectivity index is 1.78. The second kappa shape index (κ2) is 5.68. The minimum Gasteiger partial charge on any atom is -0.478 e. The summed E-state index contributed by atoms with van der Waals surface area (Å²) in [5.74, 6) is 1.18. The Hall–Kier alpha value is -1.80. The van der Waals surface area contributed by atoms with E-state index in [1.165, 1.54) is 0 Å². The Morgan fingerprint density at radius 1 is 1.40 bits per heavy atom. The smallest absolute Gasteiger partial charge is 0.216 e. The molecule has 0 saturated heterocycles. The SMILES string of the molecule is CCOc1ccnc(CS(=O)c2nc3cscc3[nH]2)n1. The predicted molar refractivity (Wildman–Crippen MR) is 77.3 cm³/mol. The molecule has 0 bridgehead atoms. The highest BCUT2D eigenvalue weighted by Gasteiger charge is 2.13. The number of rotatable bonds is 5. The molecule has 3 aromatic rings. The van der Waals surface area contributed by atoms with E-state index in [9.17, 15) is 4.21 Å². The number of H-pyrrole nitrogens is 1. The summed E-state index contributed by atoms with van der Waals surface area (Å²) < 4.78 is 17.5. The quantitative estimate of drug-likeness (QED) is 0.781. The number of nitrogens with zero attached hydrogens (tertiary/aromatic N) is 3. The van der Waals surface area contributed by atoms with Crippen LogP contribution in [0.25, 0.3) is 11.0 Å². The van der Waals surface area contributed by atoms with Gasteiger partial charge in [0.2, 0.25) is 5.88 Å². The molecule has 0 saturated carbocycles. The molecule has 1 atom stereocenters. The molecule has 0 fully saturated rings. The summed E-state index contributed by atoms with van der Waals surface area (Å²) in [6, 6.07) is 1.68. The molecule has 0 spiro atoms. The number of hydrogen-bond donors (Lipinski definition) is 1. The van der Waals surface area contributed by atoms with Crippen molar-refractivity contribution in [3.8, 4) is 5.88 Å². The van der Waals surface area contributed by atoms with Gasteiger partial charge in [-0.1, -0.05) is 0 Å². The average Bonchev–Trinajstić information content (AvgIpc) is 3.00. The molecule has 1 unspecified atom stereocenters. The van der Waals surface area contributed by atoms with Gasteiger partial charge >= 0.3 is 0 Å². The fraction of sp³-hybridized carbons (Fsp3) is 0.250. The van der Waals surface area contributed by atoms with Crippen molar-refractivity contribution in [1.29, 1.82) is 0 Å². The van der Waals surface area contributed by atoms with Crippen molar-refractivity contribution in [2.45, 2.75) is 17.8 Å². The van der Waals surface area contributed by atoms with Gasteiger partial charge in [0.15, 0.2) is 5.16 Å². The molecule has 20 heavy (non-hydrogen) atoms. The van der Waals surface area contributed by atoms with Gasteiger partial charge in [0.1, 0.15) is 11.3 Å². The van der Waals surface area contributed by atoms with Crippen LogP contribution in [0.4, 0.5) is 0 Å². The molecule has 0 aliphatic rings. The lowest BCUT2D eigenvalue weighted by Gasteiger charge is -2.03. The van der Waals surface area contributed by atoms with Crippen LogP contribution >= 0.6 is 11.3 Å². The van der Waals surface area contributed by atoms with Crippen LogP contribution < -0.4 is 4.74 Å². The number of aromatic nitrogens is 4. The molecule has 0 aliphatic carbocycles. The third-order valence-corrected chi connectivity index (χ3v) is 4.43. The van der Waals surface area contributed by atoms with Crippen LogP contribution in [-0.4, -0.2) is 30.8 Å². The van der Waals surface area contributed by atoms with Gasteiger partial charge in [-0.25, -0.2) is 9.97 Å². The molecule has 0 aliphatic heterocycles. The fourth-order valence-corrected chi connectivity index (χ4v) is 3.32. The first-order valence-corrected chi connectivity index (χ1v) is 8.27. The standard InChI is InChI=1S/C12H12N4O2S2/c1-2-18-11-3-4-13-10(16-11)7-20(17)12-14-8-5-19-6-9(8)15-12/h3-6H,2,7H2,1H3,(H,14,15). The Bertz CT molecular complexity index is 724. The highest BCUT2D eigenvalue weighted by Crippen LogP contribution is 2.18. The molecule has 104 valence electrons. The first-order chi connectivity index (χ1) is 9.76. The lowest BCUT2D eigenvalue weighted by molar-refractivity contribution is 0.325. The first-order valence-electron chi connectivity index (χ1n) is 6.01. The molecular weight excluding hydrogens is 296 g/mol. The fourth-order valence-electron chi connectivity index (χ4n) is 1.69. The Kier molecular flexibility index (Phi) is 3.75. The third-order valence-electron chi connectivity index (χ3n) is 2.55. The molecule has 1 N–H and O–H groups in total. The number of aromatic amines is 1. The van der Waals surface area contributed by atoms with Crippen LogP contribution in [-0.2, 0) is 16.6 Å². The molecular formula is C12H12N4O2S2. The minimum atomic E-state index is -1.30. The van der Waals surface area contributed by atoms with E-state index < -0.39 is 10.8 Å². The summed E-state index contributed by atoms with van der Waals surface area (Å²) in [4.78, 5) is 15.7. The predicted octanol–water partition coefficient (Wildman–Crippen LogP) is 2.12. The van der Waals surface area contributed by atoms with Gasteiger partial charge in [0.05, 0.1) is 28.7 Å². The molecule has 3 heterocycles. The summed E-state index contributed by atoms with van der Waals surface area (Å²) in [5, 5.41) is 4.31. The Labute approximate surface area is 121 Å². The molecule has 0 aromatic carbocycles. The Morgan fingerprint density at radius 3 is 3.10 bits per heavy atom. The van der Waals surface area contributed by atoms with Crippen molar-refractivity contribution in [1.82, 2.24) is 19.9 Å². The topological polar surface area (TPSA) is 80.8 Å². The molecule has 3 rings (SSSR count). The second-order valence-corrected chi connectivity index (χ2v) is 6.06. The number of nitrogens with one attached hydrogen (secondary N) is 1. The van der Waals surface area contributed by atoms with Crippen molar-refractivity contribution in [3.05, 3.63) is 28.8 Å². The van der Waals surface area contributed by atoms with Gasteiger partial charge in [-0.15, -0.1) is 11.3 Å². The van der Waals surface area contributed by atoms with E-state index in [1.54, 1.807) is 23.6 Å². The summed E-state index contributed by atoms with van der Waals surface area (Å²) in [6.45, 7) is 2.42. The average molecular weight is 308 g/mol. The van der Waals surface area contributed by atoms with Gasteiger partial charge < -0.3 is 9.72 Å². The second-order valence-electron chi connectivity index (χ2n) is 3.95. The van der Waals surface area contributed by atoms with E-state index in [0.717, 1.165) is 11.0 Å². The first kappa shape index (κ1) is 13.2. The zero-order chi connectivity index (χ0) is 13.9. The lowest BCUT2D eigenvalue weighted by Crippen LogP contribution is -2.04. The molecule has 3 aromatic heterocycles. The number of ether oxygens (including phenoxy) is 1. The summed E-state index contributed by atoms with van der Waals surface area (Å²) in [7, 11) is -1.30. The maximum Gasteiger partial charge on any atom is 0.216 e. The number of fused-ring (bicyclic) bond motifs is 1. The Morgan fingerprint density at radius 2 is 2.30 bits per heavy atom. The maximum atomic E-state index is 12.3. The lowest BCUT2D eigenvalue weighted by atomic mass is 10.5. The van der Waals surface area contributed by atoms with Gasteiger partial charge in [0, 0.05) is 23.0 Å². The van der Waals surface area contributed by atoms with E-state index in [4.69, 9.17) is 4.74 Å². The van der Waals surface area contributed by atoms with Crippen molar-refractivity contribution in [3.63, 3.8) is 0 Å². The van der Waals surface area contributed by atoms with Gasteiger partial charge in [-0.05, 0) is 6.92 Å². The summed E-state index contributed by atoms with van der Waals surface area (Å²) in [5.41, 5.74) is 1.74. The molecule has 6 nitrogen and oxygen atoms in total. The van der Waals surface area contributed by atoms with Crippen LogP contribution in [0.2, 0.25) is 0 Å². The largest absolute Gasteiger partial charge is 0.478 e. The highest BCUT2D eigenvalue weighted by atomic mass is 32.2. The van der Waals surface area contributed by atoms with E-state index in [-0.39, 0.29) is 5.75 Å². The van der Waals surface area contributed by atoms with Crippen LogP contribution in [0, 0.1) is 0 Å². The van der Waals surface area contributed by atoms with Crippen molar-refractivity contribution in [2.75, 3.05) is 6.61 Å². The van der Waals surface area contributed by atoms with Gasteiger partial charge in [-0.3, -0.25) is 4.21 Å². The van der Waals surface area contributed by atoms with Crippen molar-refractivity contribution >= 4 is 33.2 Å². The summed E-state index contributed by atoms with van der Waals surface area (Å²) >= 11 is 1.56. The minimum absolute atomic E-state index is 0.209. The van der Waals surface area contributed by atoms with Gasteiger partial charge in [-0.2, -0.15) is 4.98 Å². The van der Waals surface area contributed by atoms with Crippen molar-refractivity contribution in [2.24, 2.45) is 0 Å². The van der Waals surface area contributed by atoms with Crippen LogP contribution in [0.15, 0.2) is 28.2 Å². The van der Waals surface area contributed by atoms with Crippen molar-refractivity contribution < 1.29 is 8.95 Å². The normalized spacial score (nSPS) is 12.7. The third kappa shape index (κ3) is 2.70. The van der Waals surface area contributed by atoms with Crippen LogP contribution in [0.5, 0.6) is 5.88 Å². The van der Waals surface area contributed by atoms with Crippen LogP contribution in [0.3, 0.4) is 0 Å². The maximum absolute atomic E-state index is 12.3. The van der Waals surface area contributed by atoms with E-state index in [0.29, 0.717) is 23.5 Å². The zero-order valence-corrected chi connectivity index (χ0v) is 12.3. The highest BCUT2D eigenvalue weighted by molar-refractivity contribution is 7.84. The number of imidazole rings is 1. The number of hydrogen-bond acceptors (Lipinski definition) is 6. The summed E-state index contributed by atoms with van der Waals surface area (Å²) in [6.07, 6.45) is 1.60. The monoisotopic (exact) mass is 308 g/mol. The molecule has 0 radical (unpaired) electrons.